The van der Waals surface area contributed by atoms with Gasteiger partial charge in [-0.15, -0.1) is 0 Å². The van der Waals surface area contributed by atoms with E-state index in [0.29, 0.717) is 0 Å². The molecule has 2 aromatic carbocycles. The molecule has 0 saturated heterocycles. The van der Waals surface area contributed by atoms with Crippen LogP contribution in [-0.2, 0) is 0 Å². The third kappa shape index (κ3) is 5.95. The van der Waals surface area contributed by atoms with Crippen LogP contribution in [0.3, 0.4) is 0 Å². The van der Waals surface area contributed by atoms with Gasteiger partial charge in [-0.25, -0.2) is 0 Å². The number of nitrogens with one attached hydrogen (secondary N) is 1. The van der Waals surface area contributed by atoms with Gasteiger partial charge in [0, 0.05) is 42.0 Å². The van der Waals surface area contributed by atoms with Gasteiger partial charge in [0.2, 0.25) is 0 Å². The predicted molar refractivity (Wildman–Crippen MR) is 173 cm³/mol. The molecule has 210 valence electrons. The molecule has 2 aliphatic carbocycles. The molecule has 5 rings (SSSR count). The van der Waals surface area contributed by atoms with Crippen LogP contribution in [0.1, 0.15) is 112 Å². The second-order valence-corrected chi connectivity index (χ2v) is 11.3. The highest BCUT2D eigenvalue weighted by Crippen LogP contribution is 2.55. The van der Waals surface area contributed by atoms with Crippen LogP contribution in [0.4, 0.5) is 5.69 Å². The topological polar surface area (TPSA) is 28.2 Å². The van der Waals surface area contributed by atoms with Crippen LogP contribution >= 0.6 is 0 Å². The zero-order valence-corrected chi connectivity index (χ0v) is 24.8. The standard InChI is InChI=1S/C37H47N3/c1-4-7-8-9-10-11-12-16-27-39-37-31-21-18-23-33(40(5-2)6-3)34(31)35(36(37)32-22-15-17-26-38-32)30-25-24-28-19-13-14-20-29(28)30/h13-15,17-26,30,37,39H,4-12,16,27H2,1-3H3. The summed E-state index contributed by atoms with van der Waals surface area (Å²) in [7, 11) is 0. The molecule has 1 heterocycles. The van der Waals surface area contributed by atoms with Crippen molar-refractivity contribution in [3.63, 3.8) is 0 Å². The van der Waals surface area contributed by atoms with E-state index in [1.807, 2.05) is 12.3 Å². The van der Waals surface area contributed by atoms with Crippen molar-refractivity contribution >= 4 is 22.9 Å². The highest BCUT2D eigenvalue weighted by Gasteiger charge is 2.39. The summed E-state index contributed by atoms with van der Waals surface area (Å²) in [5.74, 6) is 0.221. The number of pyridine rings is 1. The van der Waals surface area contributed by atoms with Gasteiger partial charge in [0.25, 0.3) is 0 Å². The first kappa shape index (κ1) is 28.4. The van der Waals surface area contributed by atoms with Crippen LogP contribution in [0.2, 0.25) is 0 Å². The van der Waals surface area contributed by atoms with E-state index in [9.17, 15) is 0 Å². The molecule has 1 N–H and O–H groups in total. The Morgan fingerprint density at radius 3 is 2.20 bits per heavy atom. The molecular formula is C37H47N3. The first-order valence-electron chi connectivity index (χ1n) is 15.8. The predicted octanol–water partition coefficient (Wildman–Crippen LogP) is 9.43. The SMILES string of the molecule is CCCCCCCCCCNC1C(c2ccccn2)=C(C2C=Cc3ccccc32)c2c1cccc2N(CC)CC. The number of hydrogen-bond acceptors (Lipinski definition) is 3. The molecule has 1 aromatic heterocycles. The van der Waals surface area contributed by atoms with Gasteiger partial charge < -0.3 is 10.2 Å². The summed E-state index contributed by atoms with van der Waals surface area (Å²) in [4.78, 5) is 7.46. The molecule has 0 spiro atoms. The molecule has 0 saturated carbocycles. The summed E-state index contributed by atoms with van der Waals surface area (Å²) < 4.78 is 0. The number of aromatic nitrogens is 1. The minimum Gasteiger partial charge on any atom is -0.372 e. The average molecular weight is 534 g/mol. The van der Waals surface area contributed by atoms with Gasteiger partial charge in [-0.2, -0.15) is 0 Å². The maximum Gasteiger partial charge on any atom is 0.0684 e. The lowest BCUT2D eigenvalue weighted by Gasteiger charge is -2.27. The van der Waals surface area contributed by atoms with E-state index < -0.39 is 0 Å². The molecule has 0 aliphatic heterocycles. The number of benzene rings is 2. The number of anilines is 1. The maximum absolute atomic E-state index is 4.94. The summed E-state index contributed by atoms with van der Waals surface area (Å²) in [5.41, 5.74) is 10.7. The Bertz CT molecular complexity index is 1300. The van der Waals surface area contributed by atoms with Crippen LogP contribution in [0.25, 0.3) is 17.2 Å². The van der Waals surface area contributed by atoms with Crippen LogP contribution in [-0.4, -0.2) is 24.6 Å². The highest BCUT2D eigenvalue weighted by atomic mass is 15.1. The second-order valence-electron chi connectivity index (χ2n) is 11.3. The third-order valence-corrected chi connectivity index (χ3v) is 8.77. The largest absolute Gasteiger partial charge is 0.372 e. The average Bonchev–Trinajstić information content (AvgIpc) is 3.57. The van der Waals surface area contributed by atoms with E-state index in [1.165, 1.54) is 90.5 Å². The number of hydrogen-bond donors (Lipinski definition) is 1. The number of fused-ring (bicyclic) bond motifs is 2. The lowest BCUT2D eigenvalue weighted by Crippen LogP contribution is -2.24. The molecule has 3 heteroatoms. The molecule has 0 radical (unpaired) electrons. The molecule has 2 atom stereocenters. The van der Waals surface area contributed by atoms with E-state index in [2.05, 4.69) is 97.7 Å². The van der Waals surface area contributed by atoms with Crippen LogP contribution in [0.5, 0.6) is 0 Å². The molecule has 2 unspecified atom stereocenters. The van der Waals surface area contributed by atoms with Gasteiger partial charge in [-0.1, -0.05) is 106 Å². The van der Waals surface area contributed by atoms with Gasteiger partial charge in [0.15, 0.2) is 0 Å². The van der Waals surface area contributed by atoms with Crippen molar-refractivity contribution in [3.05, 3.63) is 101 Å². The lowest BCUT2D eigenvalue weighted by atomic mass is 9.86. The normalized spacial score (nSPS) is 17.4. The van der Waals surface area contributed by atoms with E-state index in [0.717, 1.165) is 25.3 Å². The summed E-state index contributed by atoms with van der Waals surface area (Å²) >= 11 is 0. The van der Waals surface area contributed by atoms with E-state index in [4.69, 9.17) is 4.98 Å². The van der Waals surface area contributed by atoms with Gasteiger partial charge >= 0.3 is 0 Å². The van der Waals surface area contributed by atoms with Crippen LogP contribution in [0.15, 0.2) is 72.9 Å². The highest BCUT2D eigenvalue weighted by molar-refractivity contribution is 6.05. The Morgan fingerprint density at radius 2 is 1.45 bits per heavy atom. The second kappa shape index (κ2) is 13.9. The smallest absolute Gasteiger partial charge is 0.0684 e. The Morgan fingerprint density at radius 1 is 0.725 bits per heavy atom. The zero-order valence-electron chi connectivity index (χ0n) is 24.8. The Kier molecular flexibility index (Phi) is 9.89. The third-order valence-electron chi connectivity index (χ3n) is 8.77. The number of unbranched alkanes of at least 4 members (excludes halogenated alkanes) is 7. The van der Waals surface area contributed by atoms with Crippen molar-refractivity contribution in [2.75, 3.05) is 24.5 Å². The van der Waals surface area contributed by atoms with Crippen molar-refractivity contribution in [3.8, 4) is 0 Å². The summed E-state index contributed by atoms with van der Waals surface area (Å²) in [6.45, 7) is 9.83. The Labute approximate surface area is 242 Å². The minimum atomic E-state index is 0.140. The van der Waals surface area contributed by atoms with Gasteiger partial charge in [-0.05, 0) is 67.3 Å². The number of nitrogens with zero attached hydrogens (tertiary/aromatic N) is 2. The fraction of sp³-hybridized carbons (Fsp3) is 0.432. The Balaban J connectivity index is 1.51. The summed E-state index contributed by atoms with van der Waals surface area (Å²) in [5, 5.41) is 4.04. The molecule has 40 heavy (non-hydrogen) atoms. The summed E-state index contributed by atoms with van der Waals surface area (Å²) in [6, 6.07) is 22.3. The van der Waals surface area contributed by atoms with E-state index in [1.54, 1.807) is 0 Å². The fourth-order valence-corrected chi connectivity index (χ4v) is 6.71. The quantitative estimate of drug-likeness (QED) is 0.197. The maximum atomic E-state index is 4.94. The first-order valence-corrected chi connectivity index (χ1v) is 15.8. The molecular weight excluding hydrogens is 486 g/mol. The van der Waals surface area contributed by atoms with Crippen LogP contribution in [0, 0.1) is 0 Å². The van der Waals surface area contributed by atoms with Crippen molar-refractivity contribution in [1.82, 2.24) is 10.3 Å². The van der Waals surface area contributed by atoms with Crippen molar-refractivity contribution in [2.45, 2.75) is 84.1 Å². The van der Waals surface area contributed by atoms with Crippen molar-refractivity contribution in [2.24, 2.45) is 0 Å². The lowest BCUT2D eigenvalue weighted by molar-refractivity contribution is 0.544. The zero-order chi connectivity index (χ0) is 27.7. The molecule has 3 aromatic rings. The number of allylic oxidation sites excluding steroid dienone is 2. The fourth-order valence-electron chi connectivity index (χ4n) is 6.71. The monoisotopic (exact) mass is 533 g/mol. The van der Waals surface area contributed by atoms with Gasteiger partial charge in [-0.3, -0.25) is 4.98 Å². The van der Waals surface area contributed by atoms with E-state index >= 15 is 0 Å². The minimum absolute atomic E-state index is 0.140. The molecule has 0 amide bonds. The molecule has 3 nitrogen and oxygen atoms in total. The van der Waals surface area contributed by atoms with Crippen molar-refractivity contribution in [1.29, 1.82) is 0 Å². The van der Waals surface area contributed by atoms with Gasteiger partial charge in [0.1, 0.15) is 0 Å². The molecule has 0 bridgehead atoms. The summed E-state index contributed by atoms with van der Waals surface area (Å²) in [6.07, 6.45) is 17.4. The molecule has 0 fully saturated rings. The Hall–Kier alpha value is -3.17. The van der Waals surface area contributed by atoms with E-state index in [-0.39, 0.29) is 12.0 Å². The number of rotatable bonds is 15. The van der Waals surface area contributed by atoms with Crippen molar-refractivity contribution < 1.29 is 0 Å². The first-order chi connectivity index (χ1) is 19.8. The van der Waals surface area contributed by atoms with Crippen LogP contribution < -0.4 is 10.2 Å². The van der Waals surface area contributed by atoms with Gasteiger partial charge in [0.05, 0.1) is 11.7 Å². The molecule has 2 aliphatic rings.